The van der Waals surface area contributed by atoms with Gasteiger partial charge in [0.2, 0.25) is 0 Å². The van der Waals surface area contributed by atoms with Gasteiger partial charge < -0.3 is 10.5 Å². The van der Waals surface area contributed by atoms with Gasteiger partial charge >= 0.3 is 6.18 Å². The van der Waals surface area contributed by atoms with Crippen molar-refractivity contribution in [3.8, 4) is 5.75 Å². The van der Waals surface area contributed by atoms with E-state index in [2.05, 4.69) is 0 Å². The van der Waals surface area contributed by atoms with Gasteiger partial charge in [-0.1, -0.05) is 6.07 Å². The maximum absolute atomic E-state index is 12.5. The number of hydrogen-bond acceptors (Lipinski definition) is 2. The molecular formula is C11H14F3NO. The summed E-state index contributed by atoms with van der Waals surface area (Å²) in [5, 5.41) is 0. The largest absolute Gasteiger partial charge is 0.493 e. The molecule has 0 bridgehead atoms. The Hall–Kier alpha value is -1.23. The van der Waals surface area contributed by atoms with E-state index in [1.807, 2.05) is 0 Å². The van der Waals surface area contributed by atoms with Gasteiger partial charge in [-0.3, -0.25) is 0 Å². The predicted octanol–water partition coefficient (Wildman–Crippen LogP) is 2.74. The lowest BCUT2D eigenvalue weighted by Gasteiger charge is -2.14. The molecule has 90 valence electrons. The van der Waals surface area contributed by atoms with E-state index in [0.717, 1.165) is 6.07 Å². The number of nitrogens with two attached hydrogens (primary N) is 1. The summed E-state index contributed by atoms with van der Waals surface area (Å²) in [6, 6.07) is 3.92. The minimum atomic E-state index is -4.34. The lowest BCUT2D eigenvalue weighted by atomic mass is 10.1. The Balaban J connectivity index is 2.87. The second-order valence-corrected chi connectivity index (χ2v) is 3.42. The van der Waals surface area contributed by atoms with Crippen molar-refractivity contribution in [2.75, 3.05) is 13.2 Å². The van der Waals surface area contributed by atoms with E-state index in [4.69, 9.17) is 10.5 Å². The third kappa shape index (κ3) is 3.13. The molecule has 0 unspecified atom stereocenters. The first-order valence-corrected chi connectivity index (χ1v) is 4.96. The molecule has 0 spiro atoms. The molecule has 16 heavy (non-hydrogen) atoms. The predicted molar refractivity (Wildman–Crippen MR) is 55.3 cm³/mol. The Kier molecular flexibility index (Phi) is 4.18. The van der Waals surface area contributed by atoms with Gasteiger partial charge in [0.1, 0.15) is 5.75 Å². The maximum atomic E-state index is 12.5. The molecule has 0 amide bonds. The van der Waals surface area contributed by atoms with E-state index < -0.39 is 11.7 Å². The third-order valence-electron chi connectivity index (χ3n) is 2.20. The van der Waals surface area contributed by atoms with Gasteiger partial charge in [-0.05, 0) is 32.0 Å². The molecule has 0 aliphatic carbocycles. The van der Waals surface area contributed by atoms with Gasteiger partial charge in [0.25, 0.3) is 0 Å². The van der Waals surface area contributed by atoms with Gasteiger partial charge in [-0.15, -0.1) is 0 Å². The molecule has 2 N–H and O–H groups in total. The average molecular weight is 233 g/mol. The highest BCUT2D eigenvalue weighted by Crippen LogP contribution is 2.35. The summed E-state index contributed by atoms with van der Waals surface area (Å²) in [6.07, 6.45) is -3.72. The summed E-state index contributed by atoms with van der Waals surface area (Å²) < 4.78 is 42.9. The lowest BCUT2D eigenvalue weighted by molar-refractivity contribution is -0.138. The molecule has 2 nitrogen and oxygen atoms in total. The molecule has 0 aliphatic heterocycles. The van der Waals surface area contributed by atoms with Gasteiger partial charge in [0, 0.05) is 5.56 Å². The fraction of sp³-hybridized carbons (Fsp3) is 0.455. The van der Waals surface area contributed by atoms with Crippen molar-refractivity contribution in [3.05, 3.63) is 29.3 Å². The first kappa shape index (κ1) is 12.8. The molecule has 0 saturated heterocycles. The average Bonchev–Trinajstić information content (AvgIpc) is 2.19. The van der Waals surface area contributed by atoms with Crippen LogP contribution in [0.4, 0.5) is 13.2 Å². The van der Waals surface area contributed by atoms with Crippen molar-refractivity contribution in [3.63, 3.8) is 0 Å². The van der Waals surface area contributed by atoms with Crippen molar-refractivity contribution in [1.82, 2.24) is 0 Å². The normalized spacial score (nSPS) is 11.6. The molecule has 5 heteroatoms. The second-order valence-electron chi connectivity index (χ2n) is 3.42. The standard InChI is InChI=1S/C11H14F3NO/c1-8-9(11(12,13)14)4-2-5-10(8)16-7-3-6-15/h2,4-5H,3,6-7,15H2,1H3. The number of hydrogen-bond donors (Lipinski definition) is 1. The van der Waals surface area contributed by atoms with Crippen molar-refractivity contribution < 1.29 is 17.9 Å². The number of benzene rings is 1. The SMILES string of the molecule is Cc1c(OCCCN)cccc1C(F)(F)F. The smallest absolute Gasteiger partial charge is 0.416 e. The number of halogens is 3. The molecule has 0 fully saturated rings. The number of rotatable bonds is 4. The first-order chi connectivity index (χ1) is 7.46. The fourth-order valence-corrected chi connectivity index (χ4v) is 1.34. The van der Waals surface area contributed by atoms with Crippen LogP contribution in [0.3, 0.4) is 0 Å². The van der Waals surface area contributed by atoms with Crippen LogP contribution in [0.15, 0.2) is 18.2 Å². The Labute approximate surface area is 92.2 Å². The van der Waals surface area contributed by atoms with Crippen LogP contribution in [-0.4, -0.2) is 13.2 Å². The van der Waals surface area contributed by atoms with Gasteiger partial charge in [-0.25, -0.2) is 0 Å². The van der Waals surface area contributed by atoms with E-state index in [1.165, 1.54) is 19.1 Å². The number of ether oxygens (including phenoxy) is 1. The Morgan fingerprint density at radius 2 is 2.00 bits per heavy atom. The third-order valence-corrected chi connectivity index (χ3v) is 2.20. The van der Waals surface area contributed by atoms with Gasteiger partial charge in [0.15, 0.2) is 0 Å². The summed E-state index contributed by atoms with van der Waals surface area (Å²) in [5.41, 5.74) is 4.73. The van der Waals surface area contributed by atoms with Crippen LogP contribution >= 0.6 is 0 Å². The fourth-order valence-electron chi connectivity index (χ4n) is 1.34. The summed E-state index contributed by atoms with van der Waals surface area (Å²) in [6.45, 7) is 2.19. The molecule has 0 radical (unpaired) electrons. The van der Waals surface area contributed by atoms with Crippen LogP contribution in [0.1, 0.15) is 17.5 Å². The molecule has 1 aromatic carbocycles. The minimum absolute atomic E-state index is 0.118. The summed E-state index contributed by atoms with van der Waals surface area (Å²) >= 11 is 0. The molecule has 0 atom stereocenters. The van der Waals surface area contributed by atoms with E-state index >= 15 is 0 Å². The maximum Gasteiger partial charge on any atom is 0.416 e. The van der Waals surface area contributed by atoms with E-state index in [-0.39, 0.29) is 11.3 Å². The van der Waals surface area contributed by atoms with Crippen LogP contribution in [-0.2, 0) is 6.18 Å². The van der Waals surface area contributed by atoms with Gasteiger partial charge in [-0.2, -0.15) is 13.2 Å². The Bertz CT molecular complexity index is 350. The Morgan fingerprint density at radius 3 is 2.56 bits per heavy atom. The summed E-state index contributed by atoms with van der Waals surface area (Å²) in [5.74, 6) is 0.267. The quantitative estimate of drug-likeness (QED) is 0.811. The highest BCUT2D eigenvalue weighted by atomic mass is 19.4. The number of alkyl halides is 3. The molecular weight excluding hydrogens is 219 g/mol. The van der Waals surface area contributed by atoms with Crippen molar-refractivity contribution in [1.29, 1.82) is 0 Å². The molecule has 0 aliphatic rings. The van der Waals surface area contributed by atoms with Crippen molar-refractivity contribution in [2.45, 2.75) is 19.5 Å². The molecule has 1 rings (SSSR count). The van der Waals surface area contributed by atoms with Gasteiger partial charge in [0.05, 0.1) is 12.2 Å². The molecule has 0 saturated carbocycles. The second kappa shape index (κ2) is 5.21. The van der Waals surface area contributed by atoms with E-state index in [9.17, 15) is 13.2 Å². The zero-order valence-corrected chi connectivity index (χ0v) is 8.97. The summed E-state index contributed by atoms with van der Waals surface area (Å²) in [4.78, 5) is 0. The topological polar surface area (TPSA) is 35.2 Å². The van der Waals surface area contributed by atoms with E-state index in [0.29, 0.717) is 19.6 Å². The zero-order valence-electron chi connectivity index (χ0n) is 8.97. The highest BCUT2D eigenvalue weighted by Gasteiger charge is 2.33. The van der Waals surface area contributed by atoms with E-state index in [1.54, 1.807) is 0 Å². The zero-order chi connectivity index (χ0) is 12.2. The minimum Gasteiger partial charge on any atom is -0.493 e. The highest BCUT2D eigenvalue weighted by molar-refractivity contribution is 5.40. The molecule has 0 aromatic heterocycles. The van der Waals surface area contributed by atoms with Crippen molar-refractivity contribution in [2.24, 2.45) is 5.73 Å². The lowest BCUT2D eigenvalue weighted by Crippen LogP contribution is -2.10. The van der Waals surface area contributed by atoms with Crippen LogP contribution in [0.25, 0.3) is 0 Å². The monoisotopic (exact) mass is 233 g/mol. The molecule has 0 heterocycles. The van der Waals surface area contributed by atoms with Crippen LogP contribution < -0.4 is 10.5 Å². The van der Waals surface area contributed by atoms with Crippen LogP contribution in [0.5, 0.6) is 5.75 Å². The van der Waals surface area contributed by atoms with Crippen LogP contribution in [0, 0.1) is 6.92 Å². The molecule has 1 aromatic rings. The Morgan fingerprint density at radius 1 is 1.31 bits per heavy atom. The summed E-state index contributed by atoms with van der Waals surface area (Å²) in [7, 11) is 0. The first-order valence-electron chi connectivity index (χ1n) is 4.96. The van der Waals surface area contributed by atoms with Crippen molar-refractivity contribution >= 4 is 0 Å². The van der Waals surface area contributed by atoms with Crippen LogP contribution in [0.2, 0.25) is 0 Å².